The van der Waals surface area contributed by atoms with Gasteiger partial charge in [-0.2, -0.15) is 0 Å². The van der Waals surface area contributed by atoms with Gasteiger partial charge in [0.05, 0.1) is 4.90 Å². The first kappa shape index (κ1) is 17.6. The highest BCUT2D eigenvalue weighted by molar-refractivity contribution is 7.89. The molecule has 122 valence electrons. The van der Waals surface area contributed by atoms with Crippen LogP contribution < -0.4 is 0 Å². The zero-order chi connectivity index (χ0) is 16.5. The molecule has 1 heterocycles. The Kier molecular flexibility index (Phi) is 5.09. The van der Waals surface area contributed by atoms with Crippen molar-refractivity contribution in [1.29, 1.82) is 0 Å². The number of rotatable bonds is 5. The number of sulfonamides is 1. The third-order valence-corrected chi connectivity index (χ3v) is 6.82. The number of hydrogen-bond acceptors (Lipinski definition) is 3. The third-order valence-electron chi connectivity index (χ3n) is 4.02. The maximum absolute atomic E-state index is 12.7. The van der Waals surface area contributed by atoms with Crippen LogP contribution in [0.5, 0.6) is 0 Å². The predicted octanol–water partition coefficient (Wildman–Crippen LogP) is 3.16. The minimum Gasteiger partial charge on any atom is -0.272 e. The smallest absolute Gasteiger partial charge is 0.266 e. The van der Waals surface area contributed by atoms with E-state index in [1.54, 1.807) is 12.1 Å². The van der Waals surface area contributed by atoms with Crippen LogP contribution in [0.15, 0.2) is 29.2 Å². The zero-order valence-electron chi connectivity index (χ0n) is 12.6. The first-order valence-electron chi connectivity index (χ1n) is 7.16. The average molecular weight is 364 g/mol. The molecule has 0 radical (unpaired) electrons. The fourth-order valence-electron chi connectivity index (χ4n) is 2.70. The normalized spacial score (nSPS) is 25.7. The van der Waals surface area contributed by atoms with Crippen molar-refractivity contribution in [3.05, 3.63) is 29.8 Å². The summed E-state index contributed by atoms with van der Waals surface area (Å²) < 4.78 is 26.3. The van der Waals surface area contributed by atoms with Gasteiger partial charge in [0.25, 0.3) is 15.9 Å². The second-order valence-electron chi connectivity index (χ2n) is 5.62. The fraction of sp³-hybridized carbons (Fsp3) is 0.533. The predicted molar refractivity (Wildman–Crippen MR) is 87.8 cm³/mol. The molecule has 2 rings (SSSR count). The molecule has 0 bridgehead atoms. The van der Waals surface area contributed by atoms with E-state index >= 15 is 0 Å². The Morgan fingerprint density at radius 2 is 1.91 bits per heavy atom. The Labute approximate surface area is 141 Å². The maximum atomic E-state index is 12.7. The lowest BCUT2D eigenvalue weighted by Crippen LogP contribution is -2.40. The van der Waals surface area contributed by atoms with Crippen molar-refractivity contribution in [2.45, 2.75) is 36.5 Å². The van der Waals surface area contributed by atoms with E-state index in [9.17, 15) is 13.2 Å². The number of hydrogen-bond donors (Lipinski definition) is 0. The van der Waals surface area contributed by atoms with Crippen LogP contribution in [0.4, 0.5) is 0 Å². The molecule has 0 aliphatic carbocycles. The Morgan fingerprint density at radius 3 is 2.41 bits per heavy atom. The van der Waals surface area contributed by atoms with E-state index in [0.717, 1.165) is 9.87 Å². The van der Waals surface area contributed by atoms with Crippen molar-refractivity contribution in [3.8, 4) is 0 Å². The van der Waals surface area contributed by atoms with E-state index in [4.69, 9.17) is 23.2 Å². The van der Waals surface area contributed by atoms with Crippen molar-refractivity contribution >= 4 is 39.1 Å². The summed E-state index contributed by atoms with van der Waals surface area (Å²) in [4.78, 5) is 11.5. The monoisotopic (exact) mass is 363 g/mol. The summed E-state index contributed by atoms with van der Waals surface area (Å²) in [5.74, 6) is -0.805. The molecule has 1 amide bonds. The lowest BCUT2D eigenvalue weighted by atomic mass is 9.92. The molecular formula is C15H19Cl2NO3S. The van der Waals surface area contributed by atoms with E-state index in [-0.39, 0.29) is 23.2 Å². The minimum absolute atomic E-state index is 0.0298. The fourth-order valence-corrected chi connectivity index (χ4v) is 5.12. The second-order valence-corrected chi connectivity index (χ2v) is 8.46. The van der Waals surface area contributed by atoms with E-state index in [2.05, 4.69) is 0 Å². The van der Waals surface area contributed by atoms with Gasteiger partial charge in [0.2, 0.25) is 0 Å². The number of benzene rings is 1. The number of carbonyl (C=O) groups is 1. The first-order chi connectivity index (χ1) is 10.3. The Hall–Kier alpha value is -0.780. The molecule has 1 aromatic carbocycles. The summed E-state index contributed by atoms with van der Waals surface area (Å²) in [5, 5.41) is 0. The Bertz CT molecular complexity index is 660. The number of amides is 1. The third kappa shape index (κ3) is 2.86. The molecule has 0 N–H and O–H groups in total. The van der Waals surface area contributed by atoms with Gasteiger partial charge in [0, 0.05) is 18.3 Å². The lowest BCUT2D eigenvalue weighted by Gasteiger charge is -2.23. The van der Waals surface area contributed by atoms with Crippen LogP contribution >= 0.6 is 23.2 Å². The molecule has 1 saturated heterocycles. The maximum Gasteiger partial charge on any atom is 0.266 e. The van der Waals surface area contributed by atoms with Gasteiger partial charge in [-0.05, 0) is 25.5 Å². The zero-order valence-corrected chi connectivity index (χ0v) is 14.9. The van der Waals surface area contributed by atoms with Crippen LogP contribution in [0.3, 0.4) is 0 Å². The van der Waals surface area contributed by atoms with Crippen molar-refractivity contribution in [2.24, 2.45) is 5.92 Å². The molecule has 0 saturated carbocycles. The number of aryl methyl sites for hydroxylation is 1. The molecule has 1 aliphatic heterocycles. The highest BCUT2D eigenvalue weighted by Gasteiger charge is 2.55. The molecule has 2 atom stereocenters. The summed E-state index contributed by atoms with van der Waals surface area (Å²) >= 11 is 12.4. The average Bonchev–Trinajstić information content (AvgIpc) is 2.72. The summed E-state index contributed by atoms with van der Waals surface area (Å²) in [7, 11) is -3.90. The summed E-state index contributed by atoms with van der Waals surface area (Å²) in [6.45, 7) is 3.80. The Balaban J connectivity index is 2.40. The van der Waals surface area contributed by atoms with Crippen molar-refractivity contribution in [2.75, 3.05) is 12.4 Å². The first-order valence-corrected chi connectivity index (χ1v) is 9.51. The highest BCUT2D eigenvalue weighted by atomic mass is 35.5. The topological polar surface area (TPSA) is 54.5 Å². The van der Waals surface area contributed by atoms with Crippen molar-refractivity contribution < 1.29 is 13.2 Å². The van der Waals surface area contributed by atoms with Crippen LogP contribution in [-0.4, -0.2) is 35.9 Å². The van der Waals surface area contributed by atoms with Gasteiger partial charge < -0.3 is 0 Å². The van der Waals surface area contributed by atoms with E-state index in [1.807, 2.05) is 13.8 Å². The van der Waals surface area contributed by atoms with Crippen LogP contribution in [0.2, 0.25) is 0 Å². The molecule has 0 spiro atoms. The molecular weight excluding hydrogens is 345 g/mol. The molecule has 1 fully saturated rings. The SMILES string of the molecule is CCC[C@]1(Cl)C(=O)N(S(=O)(=O)c2ccc(C)cc2)C[C@@H]1CCl. The summed E-state index contributed by atoms with van der Waals surface area (Å²) in [6, 6.07) is 6.41. The van der Waals surface area contributed by atoms with Gasteiger partial charge in [-0.25, -0.2) is 12.7 Å². The van der Waals surface area contributed by atoms with Crippen LogP contribution in [-0.2, 0) is 14.8 Å². The van der Waals surface area contributed by atoms with Gasteiger partial charge >= 0.3 is 0 Å². The quantitative estimate of drug-likeness (QED) is 0.755. The van der Waals surface area contributed by atoms with Crippen LogP contribution in [0.1, 0.15) is 25.3 Å². The van der Waals surface area contributed by atoms with Crippen molar-refractivity contribution in [3.63, 3.8) is 0 Å². The van der Waals surface area contributed by atoms with Crippen LogP contribution in [0.25, 0.3) is 0 Å². The second kappa shape index (κ2) is 6.38. The van der Waals surface area contributed by atoms with E-state index in [0.29, 0.717) is 12.8 Å². The van der Waals surface area contributed by atoms with E-state index in [1.165, 1.54) is 12.1 Å². The molecule has 4 nitrogen and oxygen atoms in total. The molecule has 7 heteroatoms. The number of nitrogens with zero attached hydrogens (tertiary/aromatic N) is 1. The summed E-state index contributed by atoms with van der Waals surface area (Å²) in [5.41, 5.74) is 0.947. The molecule has 0 aromatic heterocycles. The minimum atomic E-state index is -3.90. The summed E-state index contributed by atoms with van der Waals surface area (Å²) in [6.07, 6.45) is 1.09. The van der Waals surface area contributed by atoms with E-state index < -0.39 is 20.8 Å². The van der Waals surface area contributed by atoms with Gasteiger partial charge in [-0.1, -0.05) is 31.0 Å². The van der Waals surface area contributed by atoms with Crippen LogP contribution in [0, 0.1) is 12.8 Å². The largest absolute Gasteiger partial charge is 0.272 e. The number of halogens is 2. The molecule has 1 aromatic rings. The van der Waals surface area contributed by atoms with Gasteiger partial charge in [0.15, 0.2) is 0 Å². The number of carbonyl (C=O) groups excluding carboxylic acids is 1. The standard InChI is InChI=1S/C15H19Cl2NO3S/c1-3-8-15(17)12(9-16)10-18(14(15)19)22(20,21)13-6-4-11(2)5-7-13/h4-7,12H,3,8-10H2,1-2H3/t12-,15+/m0/s1. The van der Waals surface area contributed by atoms with Crippen molar-refractivity contribution in [1.82, 2.24) is 4.31 Å². The Morgan fingerprint density at radius 1 is 1.32 bits per heavy atom. The molecule has 0 unspecified atom stereocenters. The highest BCUT2D eigenvalue weighted by Crippen LogP contribution is 2.41. The van der Waals surface area contributed by atoms with Gasteiger partial charge in [-0.3, -0.25) is 4.79 Å². The van der Waals surface area contributed by atoms with Gasteiger partial charge in [0.1, 0.15) is 4.87 Å². The lowest BCUT2D eigenvalue weighted by molar-refractivity contribution is -0.126. The molecule has 22 heavy (non-hydrogen) atoms. The van der Waals surface area contributed by atoms with Gasteiger partial charge in [-0.15, -0.1) is 23.2 Å². The molecule has 1 aliphatic rings. The number of alkyl halides is 2.